The number of thioether (sulfide) groups is 1. The van der Waals surface area contributed by atoms with Gasteiger partial charge in [0, 0.05) is 17.0 Å². The van der Waals surface area contributed by atoms with Crippen LogP contribution in [0.3, 0.4) is 0 Å². The van der Waals surface area contributed by atoms with Crippen molar-refractivity contribution >= 4 is 11.8 Å². The second kappa shape index (κ2) is 7.58. The van der Waals surface area contributed by atoms with Crippen molar-refractivity contribution in [1.29, 1.82) is 0 Å². The number of aliphatic hydroxyl groups excluding tert-OH is 1. The van der Waals surface area contributed by atoms with Crippen molar-refractivity contribution < 1.29 is 9.84 Å². The quantitative estimate of drug-likeness (QED) is 0.782. The lowest BCUT2D eigenvalue weighted by molar-refractivity contribution is 0.300. The molecule has 0 fully saturated rings. The lowest BCUT2D eigenvalue weighted by Crippen LogP contribution is -2.20. The molecule has 3 nitrogen and oxygen atoms in total. The molecule has 0 aromatic heterocycles. The van der Waals surface area contributed by atoms with Crippen LogP contribution in [0.2, 0.25) is 0 Å². The van der Waals surface area contributed by atoms with E-state index in [0.29, 0.717) is 6.04 Å². The molecule has 17 heavy (non-hydrogen) atoms. The van der Waals surface area contributed by atoms with Gasteiger partial charge in [0.2, 0.25) is 0 Å². The van der Waals surface area contributed by atoms with Gasteiger partial charge in [0.05, 0.1) is 13.7 Å². The van der Waals surface area contributed by atoms with Crippen molar-refractivity contribution in [2.75, 3.05) is 26.5 Å². The van der Waals surface area contributed by atoms with E-state index in [-0.39, 0.29) is 11.9 Å². The second-order valence-corrected chi connectivity index (χ2v) is 5.41. The summed E-state index contributed by atoms with van der Waals surface area (Å²) in [6, 6.07) is 8.40. The van der Waals surface area contributed by atoms with E-state index in [9.17, 15) is 0 Å². The largest absolute Gasteiger partial charge is 0.497 e. The van der Waals surface area contributed by atoms with Gasteiger partial charge in [-0.3, -0.25) is 0 Å². The first-order valence-electron chi connectivity index (χ1n) is 5.75. The van der Waals surface area contributed by atoms with Crippen LogP contribution in [0.4, 0.5) is 0 Å². The molecule has 0 saturated heterocycles. The van der Waals surface area contributed by atoms with Crippen molar-refractivity contribution in [3.05, 3.63) is 29.8 Å². The van der Waals surface area contributed by atoms with Gasteiger partial charge in [0.15, 0.2) is 0 Å². The van der Waals surface area contributed by atoms with E-state index in [1.165, 1.54) is 5.56 Å². The number of hydrogen-bond donors (Lipinski definition) is 2. The molecular formula is C13H21NO2S. The molecule has 2 unspecified atom stereocenters. The predicted molar refractivity (Wildman–Crippen MR) is 73.8 cm³/mol. The molecule has 2 N–H and O–H groups in total. The Kier molecular flexibility index (Phi) is 6.40. The average Bonchev–Trinajstić information content (AvgIpc) is 2.39. The molecule has 0 aliphatic rings. The molecule has 0 amide bonds. The number of nitrogens with one attached hydrogen (secondary N) is 1. The van der Waals surface area contributed by atoms with Crippen LogP contribution in [0.5, 0.6) is 5.75 Å². The maximum atomic E-state index is 9.00. The Morgan fingerprint density at radius 3 is 2.47 bits per heavy atom. The Labute approximate surface area is 108 Å². The van der Waals surface area contributed by atoms with Gasteiger partial charge in [0.1, 0.15) is 5.75 Å². The topological polar surface area (TPSA) is 41.5 Å². The fourth-order valence-corrected chi connectivity index (χ4v) is 2.48. The molecule has 1 aromatic rings. The van der Waals surface area contributed by atoms with Crippen LogP contribution in [-0.4, -0.2) is 36.9 Å². The van der Waals surface area contributed by atoms with E-state index < -0.39 is 0 Å². The molecule has 4 heteroatoms. The summed E-state index contributed by atoms with van der Waals surface area (Å²) in [5, 5.41) is 12.6. The number of methoxy groups -OCH3 is 1. The third-order valence-corrected chi connectivity index (χ3v) is 3.92. The van der Waals surface area contributed by atoms with E-state index in [1.807, 2.05) is 26.1 Å². The summed E-state index contributed by atoms with van der Waals surface area (Å²) in [4.78, 5) is 0. The highest BCUT2D eigenvalue weighted by Gasteiger charge is 2.11. The van der Waals surface area contributed by atoms with E-state index in [2.05, 4.69) is 17.4 Å². The van der Waals surface area contributed by atoms with Gasteiger partial charge in [-0.2, -0.15) is 11.8 Å². The lowest BCUT2D eigenvalue weighted by Gasteiger charge is -2.18. The first-order valence-corrected chi connectivity index (χ1v) is 6.79. The number of benzene rings is 1. The van der Waals surface area contributed by atoms with Crippen molar-refractivity contribution in [2.24, 2.45) is 0 Å². The average molecular weight is 255 g/mol. The summed E-state index contributed by atoms with van der Waals surface area (Å²) >= 11 is 1.77. The highest BCUT2D eigenvalue weighted by atomic mass is 32.2. The molecule has 1 aromatic carbocycles. The van der Waals surface area contributed by atoms with Gasteiger partial charge in [-0.15, -0.1) is 0 Å². The van der Waals surface area contributed by atoms with Crippen molar-refractivity contribution in [3.63, 3.8) is 0 Å². The monoisotopic (exact) mass is 255 g/mol. The van der Waals surface area contributed by atoms with Crippen LogP contribution in [0.15, 0.2) is 24.3 Å². The fourth-order valence-electron chi connectivity index (χ4n) is 1.50. The van der Waals surface area contributed by atoms with Gasteiger partial charge < -0.3 is 15.2 Å². The Morgan fingerprint density at radius 2 is 2.00 bits per heavy atom. The molecule has 0 heterocycles. The third-order valence-electron chi connectivity index (χ3n) is 2.67. The minimum absolute atomic E-state index is 0.226. The van der Waals surface area contributed by atoms with Crippen LogP contribution < -0.4 is 10.1 Å². The molecule has 0 saturated carbocycles. The van der Waals surface area contributed by atoms with Crippen LogP contribution in [0.25, 0.3) is 0 Å². The van der Waals surface area contributed by atoms with Crippen LogP contribution in [0, 0.1) is 0 Å². The smallest absolute Gasteiger partial charge is 0.118 e. The molecule has 0 aliphatic carbocycles. The highest BCUT2D eigenvalue weighted by Crippen LogP contribution is 2.22. The SMILES string of the molecule is CNC(CSC(C)CO)c1ccc(OC)cc1. The molecule has 2 atom stereocenters. The van der Waals surface area contributed by atoms with Crippen LogP contribution in [0.1, 0.15) is 18.5 Å². The fraction of sp³-hybridized carbons (Fsp3) is 0.538. The van der Waals surface area contributed by atoms with E-state index in [0.717, 1.165) is 11.5 Å². The third kappa shape index (κ3) is 4.58. The predicted octanol–water partition coefficient (Wildman–Crippen LogP) is 2.07. The second-order valence-electron chi connectivity index (χ2n) is 3.94. The van der Waals surface area contributed by atoms with Gasteiger partial charge in [-0.1, -0.05) is 19.1 Å². The minimum Gasteiger partial charge on any atom is -0.497 e. The maximum Gasteiger partial charge on any atom is 0.118 e. The molecule has 96 valence electrons. The van der Waals surface area contributed by atoms with Gasteiger partial charge in [0.25, 0.3) is 0 Å². The minimum atomic E-state index is 0.226. The molecule has 0 radical (unpaired) electrons. The van der Waals surface area contributed by atoms with Gasteiger partial charge in [-0.25, -0.2) is 0 Å². The summed E-state index contributed by atoms with van der Waals surface area (Å²) in [6.45, 7) is 2.26. The lowest BCUT2D eigenvalue weighted by atomic mass is 10.1. The Balaban J connectivity index is 2.59. The first kappa shape index (κ1) is 14.4. The zero-order chi connectivity index (χ0) is 12.7. The Bertz CT molecular complexity index is 316. The molecule has 0 aliphatic heterocycles. The highest BCUT2D eigenvalue weighted by molar-refractivity contribution is 7.99. The zero-order valence-corrected chi connectivity index (χ0v) is 11.5. The van der Waals surface area contributed by atoms with Crippen molar-refractivity contribution in [3.8, 4) is 5.75 Å². The van der Waals surface area contributed by atoms with Crippen LogP contribution >= 0.6 is 11.8 Å². The Hall–Kier alpha value is -0.710. The van der Waals surface area contributed by atoms with Crippen molar-refractivity contribution in [2.45, 2.75) is 18.2 Å². The Morgan fingerprint density at radius 1 is 1.35 bits per heavy atom. The standard InChI is InChI=1S/C13H21NO2S/c1-10(8-15)17-9-13(14-2)11-4-6-12(16-3)7-5-11/h4-7,10,13-15H,8-9H2,1-3H3. The summed E-state index contributed by atoms with van der Waals surface area (Å²) in [5.74, 6) is 1.82. The maximum absolute atomic E-state index is 9.00. The molecule has 0 bridgehead atoms. The zero-order valence-electron chi connectivity index (χ0n) is 10.6. The van der Waals surface area contributed by atoms with Crippen LogP contribution in [-0.2, 0) is 0 Å². The molecule has 1 rings (SSSR count). The van der Waals surface area contributed by atoms with Crippen molar-refractivity contribution in [1.82, 2.24) is 5.32 Å². The number of hydrogen-bond acceptors (Lipinski definition) is 4. The van der Waals surface area contributed by atoms with Gasteiger partial charge in [-0.05, 0) is 24.7 Å². The number of rotatable bonds is 7. The summed E-state index contributed by atoms with van der Waals surface area (Å²) in [5.41, 5.74) is 1.24. The number of ether oxygens (including phenoxy) is 1. The number of aliphatic hydroxyl groups is 1. The van der Waals surface area contributed by atoms with Gasteiger partial charge >= 0.3 is 0 Å². The molecular weight excluding hydrogens is 234 g/mol. The van der Waals surface area contributed by atoms with E-state index >= 15 is 0 Å². The van der Waals surface area contributed by atoms with E-state index in [1.54, 1.807) is 18.9 Å². The molecule has 0 spiro atoms. The summed E-state index contributed by atoms with van der Waals surface area (Å²) < 4.78 is 5.14. The summed E-state index contributed by atoms with van der Waals surface area (Å²) in [7, 11) is 3.63. The normalized spacial score (nSPS) is 14.4. The van der Waals surface area contributed by atoms with E-state index in [4.69, 9.17) is 9.84 Å². The first-order chi connectivity index (χ1) is 8.21. The summed E-state index contributed by atoms with van der Waals surface area (Å²) in [6.07, 6.45) is 0.